The van der Waals surface area contributed by atoms with Crippen LogP contribution in [0.5, 0.6) is 0 Å². The van der Waals surface area contributed by atoms with Crippen molar-refractivity contribution in [2.45, 2.75) is 44.6 Å². The molecule has 0 amide bonds. The molecule has 2 aromatic carbocycles. The van der Waals surface area contributed by atoms with Gasteiger partial charge in [0.25, 0.3) is 0 Å². The third kappa shape index (κ3) is 4.33. The van der Waals surface area contributed by atoms with E-state index < -0.39 is 0 Å². The van der Waals surface area contributed by atoms with Gasteiger partial charge in [-0.25, -0.2) is 0 Å². The highest BCUT2D eigenvalue weighted by Crippen LogP contribution is 2.23. The molecule has 118 valence electrons. The van der Waals surface area contributed by atoms with E-state index in [1.54, 1.807) is 0 Å². The van der Waals surface area contributed by atoms with Crippen LogP contribution < -0.4 is 17.7 Å². The monoisotopic (exact) mass is 317 g/mol. The van der Waals surface area contributed by atoms with Crippen molar-refractivity contribution in [1.29, 1.82) is 0 Å². The molecule has 0 unspecified atom stereocenters. The Balaban J connectivity index is 0.00000176. The second kappa shape index (κ2) is 8.33. The summed E-state index contributed by atoms with van der Waals surface area (Å²) in [7, 11) is 0. The highest BCUT2D eigenvalue weighted by molar-refractivity contribution is 5.16. The van der Waals surface area contributed by atoms with Crippen molar-refractivity contribution in [2.24, 2.45) is 0 Å². The molecule has 0 radical (unpaired) electrons. The maximum absolute atomic E-state index is 6.08. The zero-order chi connectivity index (χ0) is 14.5. The zero-order valence-electron chi connectivity index (χ0n) is 13.0. The van der Waals surface area contributed by atoms with Gasteiger partial charge in [0.2, 0.25) is 0 Å². The first-order valence-electron chi connectivity index (χ1n) is 7.88. The highest BCUT2D eigenvalue weighted by Gasteiger charge is 2.36. The van der Waals surface area contributed by atoms with E-state index in [0.717, 1.165) is 6.61 Å². The number of quaternary nitrogens is 1. The number of hydrogen-bond acceptors (Lipinski definition) is 1. The molecule has 3 atom stereocenters. The Hall–Kier alpha value is -1.35. The van der Waals surface area contributed by atoms with Gasteiger partial charge in [0.1, 0.15) is 18.2 Å². The van der Waals surface area contributed by atoms with Crippen LogP contribution in [0.1, 0.15) is 36.9 Å². The fraction of sp³-hybridized carbons (Fsp3) is 0.368. The first-order valence-corrected chi connectivity index (χ1v) is 7.88. The molecule has 2 aromatic rings. The van der Waals surface area contributed by atoms with E-state index in [4.69, 9.17) is 4.74 Å². The third-order valence-corrected chi connectivity index (χ3v) is 4.43. The van der Waals surface area contributed by atoms with Crippen LogP contribution in [-0.2, 0) is 11.3 Å². The molecule has 2 nitrogen and oxygen atoms in total. The third-order valence-electron chi connectivity index (χ3n) is 4.43. The van der Waals surface area contributed by atoms with Gasteiger partial charge in [0, 0.05) is 12.0 Å². The Morgan fingerprint density at radius 3 is 2.23 bits per heavy atom. The van der Waals surface area contributed by atoms with E-state index >= 15 is 0 Å². The first-order chi connectivity index (χ1) is 10.3. The topological polar surface area (TPSA) is 25.8 Å². The van der Waals surface area contributed by atoms with Gasteiger partial charge in [-0.1, -0.05) is 60.7 Å². The second-order valence-electron chi connectivity index (χ2n) is 5.97. The molecule has 0 spiro atoms. The van der Waals surface area contributed by atoms with Gasteiger partial charge in [-0.05, 0) is 18.9 Å². The van der Waals surface area contributed by atoms with Gasteiger partial charge in [0.15, 0.2) is 0 Å². The van der Waals surface area contributed by atoms with Crippen LogP contribution >= 0.6 is 0 Å². The average Bonchev–Trinajstić information content (AvgIpc) is 2.53. The van der Waals surface area contributed by atoms with Crippen molar-refractivity contribution in [2.75, 3.05) is 0 Å². The van der Waals surface area contributed by atoms with E-state index in [0.29, 0.717) is 18.2 Å². The van der Waals surface area contributed by atoms with Crippen LogP contribution in [0.25, 0.3) is 0 Å². The van der Waals surface area contributed by atoms with Crippen LogP contribution in [0, 0.1) is 0 Å². The predicted molar refractivity (Wildman–Crippen MR) is 84.8 cm³/mol. The van der Waals surface area contributed by atoms with E-state index in [9.17, 15) is 0 Å². The van der Waals surface area contributed by atoms with E-state index in [1.165, 1.54) is 24.0 Å². The van der Waals surface area contributed by atoms with E-state index in [-0.39, 0.29) is 12.4 Å². The Morgan fingerprint density at radius 2 is 1.64 bits per heavy atom. The summed E-state index contributed by atoms with van der Waals surface area (Å²) >= 11 is 0. The minimum atomic E-state index is 0. The summed E-state index contributed by atoms with van der Waals surface area (Å²) in [4.78, 5) is 0. The maximum Gasteiger partial charge on any atom is 0.113 e. The molecule has 0 aliphatic heterocycles. The van der Waals surface area contributed by atoms with Crippen molar-refractivity contribution in [3.63, 3.8) is 0 Å². The van der Waals surface area contributed by atoms with Gasteiger partial charge >= 0.3 is 0 Å². The molecule has 1 aliphatic carbocycles. The molecule has 1 fully saturated rings. The lowest BCUT2D eigenvalue weighted by Gasteiger charge is -2.35. The fourth-order valence-electron chi connectivity index (χ4n) is 2.94. The van der Waals surface area contributed by atoms with Gasteiger partial charge in [-0.3, -0.25) is 0 Å². The van der Waals surface area contributed by atoms with Crippen molar-refractivity contribution in [3.05, 3.63) is 71.8 Å². The summed E-state index contributed by atoms with van der Waals surface area (Å²) in [6.45, 7) is 3.01. The standard InChI is InChI=1S/C19H23NO.ClH/c1-15(17-10-6-3-7-11-17)20-18-12-13-19(18)21-14-16-8-4-2-5-9-16;/h2-11,15,18-20H,12-14H2,1H3;1H/t15-,18-,19+;/m1./s1. The number of rotatable bonds is 6. The van der Waals surface area contributed by atoms with Crippen molar-refractivity contribution in [3.8, 4) is 0 Å². The molecule has 0 aromatic heterocycles. The molecular formula is C19H24ClNO. The van der Waals surface area contributed by atoms with Gasteiger partial charge in [-0.2, -0.15) is 0 Å². The number of benzene rings is 2. The molecule has 0 saturated heterocycles. The van der Waals surface area contributed by atoms with Gasteiger partial charge < -0.3 is 22.5 Å². The predicted octanol–water partition coefficient (Wildman–Crippen LogP) is 0.0628. The highest BCUT2D eigenvalue weighted by atomic mass is 35.5. The summed E-state index contributed by atoms with van der Waals surface area (Å²) in [6, 6.07) is 22.3. The number of hydrogen-bond donors (Lipinski definition) is 1. The van der Waals surface area contributed by atoms with Crippen molar-refractivity contribution < 1.29 is 22.5 Å². The molecule has 3 heteroatoms. The number of nitrogens with two attached hydrogens (primary N) is 1. The molecular weight excluding hydrogens is 294 g/mol. The lowest BCUT2D eigenvalue weighted by molar-refractivity contribution is -0.741. The number of halogens is 1. The van der Waals surface area contributed by atoms with Gasteiger partial charge in [0.05, 0.1) is 6.61 Å². The Morgan fingerprint density at radius 1 is 1.00 bits per heavy atom. The molecule has 0 bridgehead atoms. The van der Waals surface area contributed by atoms with Crippen LogP contribution in [0.2, 0.25) is 0 Å². The normalized spacial score (nSPS) is 21.5. The lowest BCUT2D eigenvalue weighted by atomic mass is 9.87. The Kier molecular flexibility index (Phi) is 6.44. The molecule has 3 rings (SSSR count). The molecule has 2 N–H and O–H groups in total. The molecule has 0 heterocycles. The fourth-order valence-corrected chi connectivity index (χ4v) is 2.94. The van der Waals surface area contributed by atoms with Crippen molar-refractivity contribution in [1.82, 2.24) is 0 Å². The van der Waals surface area contributed by atoms with Crippen LogP contribution in [0.3, 0.4) is 0 Å². The Bertz CT molecular complexity index is 546. The SMILES string of the molecule is C[C@@H]([NH2+][C@@H]1CC[C@@H]1OCc1ccccc1)c1ccccc1.[Cl-]. The van der Waals surface area contributed by atoms with Crippen LogP contribution in [0.4, 0.5) is 0 Å². The summed E-state index contributed by atoms with van der Waals surface area (Å²) < 4.78 is 6.08. The first kappa shape index (κ1) is 17.0. The zero-order valence-corrected chi connectivity index (χ0v) is 13.7. The average molecular weight is 318 g/mol. The molecule has 1 aliphatic rings. The van der Waals surface area contributed by atoms with Crippen LogP contribution in [-0.4, -0.2) is 12.1 Å². The minimum absolute atomic E-state index is 0. The summed E-state index contributed by atoms with van der Waals surface area (Å²) in [5.41, 5.74) is 2.66. The Labute approximate surface area is 139 Å². The minimum Gasteiger partial charge on any atom is -1.00 e. The number of ether oxygens (including phenoxy) is 1. The summed E-state index contributed by atoms with van der Waals surface area (Å²) in [6.07, 6.45) is 2.85. The molecule has 22 heavy (non-hydrogen) atoms. The summed E-state index contributed by atoms with van der Waals surface area (Å²) in [5.74, 6) is 0. The second-order valence-corrected chi connectivity index (χ2v) is 5.97. The smallest absolute Gasteiger partial charge is 0.113 e. The summed E-state index contributed by atoms with van der Waals surface area (Å²) in [5, 5.41) is 2.47. The maximum atomic E-state index is 6.08. The quantitative estimate of drug-likeness (QED) is 0.801. The van der Waals surface area contributed by atoms with E-state index in [1.807, 2.05) is 6.07 Å². The lowest BCUT2D eigenvalue weighted by Crippen LogP contribution is -3.00. The van der Waals surface area contributed by atoms with E-state index in [2.05, 4.69) is 66.8 Å². The molecule has 1 saturated carbocycles. The largest absolute Gasteiger partial charge is 1.00 e. The van der Waals surface area contributed by atoms with Crippen molar-refractivity contribution >= 4 is 0 Å². The van der Waals surface area contributed by atoms with Gasteiger partial charge in [-0.15, -0.1) is 0 Å². The van der Waals surface area contributed by atoms with Crippen LogP contribution in [0.15, 0.2) is 60.7 Å².